The first-order chi connectivity index (χ1) is 11.3. The van der Waals surface area contributed by atoms with Crippen molar-refractivity contribution in [3.05, 3.63) is 69.3 Å². The summed E-state index contributed by atoms with van der Waals surface area (Å²) in [6.07, 6.45) is -1.07. The molecular formula is C18H19NO5. The van der Waals surface area contributed by atoms with Gasteiger partial charge in [0.2, 0.25) is 6.10 Å². The number of likely N-dealkylation sites (N-methyl/N-ethyl adjacent to an activating group) is 1. The summed E-state index contributed by atoms with van der Waals surface area (Å²) in [7, 11) is 3.17. The lowest BCUT2D eigenvalue weighted by molar-refractivity contribution is -0.138. The van der Waals surface area contributed by atoms with Crippen molar-refractivity contribution in [2.24, 2.45) is 0 Å². The number of hydrogen-bond acceptors (Lipinski definition) is 5. The molecule has 1 heterocycles. The van der Waals surface area contributed by atoms with E-state index in [1.54, 1.807) is 45.3 Å². The molecule has 0 fully saturated rings. The van der Waals surface area contributed by atoms with Gasteiger partial charge in [-0.1, -0.05) is 30.3 Å². The van der Waals surface area contributed by atoms with E-state index in [4.69, 9.17) is 9.15 Å². The van der Waals surface area contributed by atoms with Crippen molar-refractivity contribution in [2.75, 3.05) is 14.1 Å². The number of esters is 1. The molecule has 24 heavy (non-hydrogen) atoms. The van der Waals surface area contributed by atoms with Gasteiger partial charge in [-0.05, 0) is 19.4 Å². The predicted octanol–water partition coefficient (Wildman–Crippen LogP) is 2.24. The normalized spacial score (nSPS) is 11.7. The summed E-state index contributed by atoms with van der Waals surface area (Å²) in [5, 5.41) is 0. The third kappa shape index (κ3) is 3.71. The zero-order valence-electron chi connectivity index (χ0n) is 14.0. The average Bonchev–Trinajstić information content (AvgIpc) is 2.51. The van der Waals surface area contributed by atoms with Crippen molar-refractivity contribution in [1.29, 1.82) is 0 Å². The van der Waals surface area contributed by atoms with Gasteiger partial charge in [-0.25, -0.2) is 9.59 Å². The number of rotatable bonds is 4. The molecule has 0 bridgehead atoms. The lowest BCUT2D eigenvalue weighted by atomic mass is 10.1. The molecule has 0 aliphatic rings. The van der Waals surface area contributed by atoms with Crippen LogP contribution in [0.15, 0.2) is 45.6 Å². The second-order valence-corrected chi connectivity index (χ2v) is 5.61. The van der Waals surface area contributed by atoms with E-state index in [1.807, 2.05) is 6.07 Å². The van der Waals surface area contributed by atoms with Crippen molar-refractivity contribution in [3.63, 3.8) is 0 Å². The van der Waals surface area contributed by atoms with Crippen molar-refractivity contribution in [3.8, 4) is 0 Å². The Hall–Kier alpha value is -2.89. The highest BCUT2D eigenvalue weighted by Crippen LogP contribution is 2.23. The number of hydrogen-bond donors (Lipinski definition) is 0. The van der Waals surface area contributed by atoms with Crippen LogP contribution in [0.5, 0.6) is 0 Å². The number of nitrogens with zero attached hydrogens (tertiary/aromatic N) is 1. The fourth-order valence-electron chi connectivity index (χ4n) is 2.35. The summed E-state index contributed by atoms with van der Waals surface area (Å²) >= 11 is 0. The molecule has 6 nitrogen and oxygen atoms in total. The minimum absolute atomic E-state index is 0.155. The van der Waals surface area contributed by atoms with Crippen LogP contribution in [-0.2, 0) is 9.53 Å². The molecule has 0 aliphatic carbocycles. The van der Waals surface area contributed by atoms with Gasteiger partial charge in [0.15, 0.2) is 0 Å². The van der Waals surface area contributed by atoms with Gasteiger partial charge in [-0.3, -0.25) is 4.79 Å². The molecule has 126 valence electrons. The minimum atomic E-state index is -1.07. The molecule has 0 saturated heterocycles. The molecule has 0 aliphatic heterocycles. The molecule has 0 radical (unpaired) electrons. The van der Waals surface area contributed by atoms with Crippen molar-refractivity contribution >= 4 is 11.9 Å². The topological polar surface area (TPSA) is 76.8 Å². The lowest BCUT2D eigenvalue weighted by Gasteiger charge is -2.21. The maximum atomic E-state index is 12.6. The Labute approximate surface area is 139 Å². The summed E-state index contributed by atoms with van der Waals surface area (Å²) in [6.45, 7) is 3.13. The molecule has 6 heteroatoms. The molecule has 0 unspecified atom stereocenters. The highest BCUT2D eigenvalue weighted by Gasteiger charge is 2.28. The van der Waals surface area contributed by atoms with Crippen LogP contribution in [0.1, 0.15) is 33.3 Å². The van der Waals surface area contributed by atoms with E-state index in [1.165, 1.54) is 17.9 Å². The number of aryl methyl sites for hydroxylation is 2. The largest absolute Gasteiger partial charge is 0.444 e. The van der Waals surface area contributed by atoms with E-state index in [-0.39, 0.29) is 17.2 Å². The summed E-state index contributed by atoms with van der Waals surface area (Å²) in [6, 6.07) is 9.97. The number of carbonyl (C=O) groups excluding carboxylic acids is 2. The van der Waals surface area contributed by atoms with Crippen molar-refractivity contribution < 1.29 is 18.7 Å². The van der Waals surface area contributed by atoms with Crippen LogP contribution in [0, 0.1) is 13.8 Å². The van der Waals surface area contributed by atoms with E-state index in [9.17, 15) is 14.4 Å². The number of carbonyl (C=O) groups is 2. The van der Waals surface area contributed by atoms with Gasteiger partial charge in [0, 0.05) is 25.7 Å². The van der Waals surface area contributed by atoms with E-state index in [2.05, 4.69) is 0 Å². The van der Waals surface area contributed by atoms with E-state index in [0.717, 1.165) is 0 Å². The van der Waals surface area contributed by atoms with Gasteiger partial charge in [0.25, 0.3) is 5.91 Å². The van der Waals surface area contributed by atoms with Gasteiger partial charge in [0.1, 0.15) is 11.3 Å². The minimum Gasteiger partial charge on any atom is -0.444 e. The van der Waals surface area contributed by atoms with Crippen LogP contribution >= 0.6 is 0 Å². The Morgan fingerprint density at radius 1 is 1.12 bits per heavy atom. The number of ether oxygens (including phenoxy) is 1. The Balaban J connectivity index is 2.39. The van der Waals surface area contributed by atoms with Crippen LogP contribution in [0.25, 0.3) is 0 Å². The van der Waals surface area contributed by atoms with Crippen molar-refractivity contribution in [2.45, 2.75) is 20.0 Å². The monoisotopic (exact) mass is 329 g/mol. The van der Waals surface area contributed by atoms with Crippen LogP contribution in [0.3, 0.4) is 0 Å². The molecule has 2 rings (SSSR count). The van der Waals surface area contributed by atoms with E-state index < -0.39 is 17.7 Å². The fourth-order valence-corrected chi connectivity index (χ4v) is 2.35. The van der Waals surface area contributed by atoms with Crippen molar-refractivity contribution in [1.82, 2.24) is 4.90 Å². The fraction of sp³-hybridized carbons (Fsp3) is 0.278. The summed E-state index contributed by atoms with van der Waals surface area (Å²) in [5.41, 5.74) is 0.628. The Kier molecular flexibility index (Phi) is 5.18. The van der Waals surface area contributed by atoms with Crippen LogP contribution in [0.4, 0.5) is 0 Å². The van der Waals surface area contributed by atoms with Gasteiger partial charge >= 0.3 is 11.6 Å². The summed E-state index contributed by atoms with van der Waals surface area (Å²) in [4.78, 5) is 37.7. The second-order valence-electron chi connectivity index (χ2n) is 5.61. The van der Waals surface area contributed by atoms with Gasteiger partial charge < -0.3 is 14.1 Å². The Morgan fingerprint density at radius 2 is 1.75 bits per heavy atom. The molecule has 0 saturated carbocycles. The molecule has 1 atom stereocenters. The third-order valence-electron chi connectivity index (χ3n) is 3.53. The maximum Gasteiger partial charge on any atom is 0.342 e. The first-order valence-corrected chi connectivity index (χ1v) is 7.39. The van der Waals surface area contributed by atoms with Gasteiger partial charge in [-0.15, -0.1) is 0 Å². The van der Waals surface area contributed by atoms with Gasteiger partial charge in [0.05, 0.1) is 0 Å². The summed E-state index contributed by atoms with van der Waals surface area (Å²) < 4.78 is 10.4. The highest BCUT2D eigenvalue weighted by atomic mass is 16.5. The van der Waals surface area contributed by atoms with Crippen LogP contribution in [0.2, 0.25) is 0 Å². The zero-order valence-corrected chi connectivity index (χ0v) is 14.0. The first-order valence-electron chi connectivity index (χ1n) is 7.39. The molecule has 1 amide bonds. The van der Waals surface area contributed by atoms with Crippen LogP contribution < -0.4 is 5.63 Å². The predicted molar refractivity (Wildman–Crippen MR) is 87.7 cm³/mol. The Morgan fingerprint density at radius 3 is 2.29 bits per heavy atom. The van der Waals surface area contributed by atoms with Gasteiger partial charge in [-0.2, -0.15) is 0 Å². The number of amides is 1. The average molecular weight is 329 g/mol. The SMILES string of the molecule is Cc1cc(=O)oc(C)c1C(=O)O[C@@H](C(=O)N(C)C)c1ccccc1. The molecule has 1 aromatic heterocycles. The standard InChI is InChI=1S/C18H19NO5/c1-11-10-14(20)23-12(2)15(11)18(22)24-16(17(21)19(3)4)13-8-6-5-7-9-13/h5-10,16H,1-4H3/t16-/m1/s1. The third-order valence-corrected chi connectivity index (χ3v) is 3.53. The first kappa shape index (κ1) is 17.5. The second kappa shape index (κ2) is 7.12. The summed E-state index contributed by atoms with van der Waals surface area (Å²) in [5.74, 6) is -0.908. The lowest BCUT2D eigenvalue weighted by Crippen LogP contribution is -2.31. The number of benzene rings is 1. The zero-order chi connectivity index (χ0) is 17.9. The molecule has 0 spiro atoms. The van der Waals surface area contributed by atoms with E-state index in [0.29, 0.717) is 11.1 Å². The quantitative estimate of drug-likeness (QED) is 0.804. The highest BCUT2D eigenvalue weighted by molar-refractivity contribution is 5.94. The maximum absolute atomic E-state index is 12.6. The Bertz CT molecular complexity index is 782. The molecule has 2 aromatic rings. The smallest absolute Gasteiger partial charge is 0.342 e. The molecule has 1 aromatic carbocycles. The molecule has 0 N–H and O–H groups in total. The van der Waals surface area contributed by atoms with Crippen LogP contribution in [-0.4, -0.2) is 30.9 Å². The molecular weight excluding hydrogens is 310 g/mol. The van der Waals surface area contributed by atoms with E-state index >= 15 is 0 Å².